The molecule has 98 valence electrons. The van der Waals surface area contributed by atoms with E-state index in [0.717, 1.165) is 22.8 Å². The van der Waals surface area contributed by atoms with Crippen molar-refractivity contribution in [1.82, 2.24) is 10.1 Å². The zero-order valence-electron chi connectivity index (χ0n) is 11.2. The monoisotopic (exact) mass is 280 g/mol. The molecule has 2 heterocycles. The lowest BCUT2D eigenvalue weighted by Crippen LogP contribution is -2.29. The zero-order chi connectivity index (χ0) is 13.5. The van der Waals surface area contributed by atoms with Crippen molar-refractivity contribution in [1.29, 1.82) is 0 Å². The highest BCUT2D eigenvalue weighted by Gasteiger charge is 2.27. The number of rotatable bonds is 1. The minimum atomic E-state index is 0.974. The van der Waals surface area contributed by atoms with Gasteiger partial charge in [-0.05, 0) is 47.7 Å². The number of aromatic nitrogens is 3. The first-order valence-corrected chi connectivity index (χ1v) is 7.56. The lowest BCUT2D eigenvalue weighted by molar-refractivity contribution is -0.581. The van der Waals surface area contributed by atoms with Gasteiger partial charge in [0.05, 0.1) is 0 Å². The van der Waals surface area contributed by atoms with Gasteiger partial charge in [0.2, 0.25) is 0 Å². The molecule has 1 aliphatic carbocycles. The molecule has 0 saturated heterocycles. The molecule has 0 aliphatic heterocycles. The average Bonchev–Trinajstić information content (AvgIpc) is 3.02. The second-order valence-corrected chi connectivity index (χ2v) is 6.19. The van der Waals surface area contributed by atoms with Crippen molar-refractivity contribution in [3.63, 3.8) is 0 Å². The van der Waals surface area contributed by atoms with E-state index in [2.05, 4.69) is 40.4 Å². The Balaban J connectivity index is 1.92. The summed E-state index contributed by atoms with van der Waals surface area (Å²) in [4.78, 5) is 5.48. The van der Waals surface area contributed by atoms with Crippen LogP contribution >= 0.6 is 11.3 Å². The topological polar surface area (TPSA) is 29.9 Å². The fourth-order valence-corrected chi connectivity index (χ4v) is 3.45. The van der Waals surface area contributed by atoms with Crippen molar-refractivity contribution in [2.45, 2.75) is 19.8 Å². The molecule has 0 fully saturated rings. The molecule has 20 heavy (non-hydrogen) atoms. The Kier molecular flexibility index (Phi) is 2.63. The number of benzene rings is 1. The second-order valence-electron chi connectivity index (χ2n) is 5.03. The number of aryl methyl sites for hydroxylation is 2. The third kappa shape index (κ3) is 1.84. The Labute approximate surface area is 121 Å². The van der Waals surface area contributed by atoms with Crippen molar-refractivity contribution in [2.75, 3.05) is 0 Å². The molecule has 2 aromatic heterocycles. The van der Waals surface area contributed by atoms with Gasteiger partial charge in [-0.2, -0.15) is 0 Å². The van der Waals surface area contributed by atoms with Gasteiger partial charge in [-0.25, -0.2) is 0 Å². The molecule has 0 spiro atoms. The lowest BCUT2D eigenvalue weighted by atomic mass is 10.1. The predicted octanol–water partition coefficient (Wildman–Crippen LogP) is 3.07. The van der Waals surface area contributed by atoms with Gasteiger partial charge in [0.15, 0.2) is 5.69 Å². The van der Waals surface area contributed by atoms with Gasteiger partial charge in [0.1, 0.15) is 11.2 Å². The van der Waals surface area contributed by atoms with Crippen molar-refractivity contribution in [2.24, 2.45) is 0 Å². The van der Waals surface area contributed by atoms with E-state index in [4.69, 9.17) is 0 Å². The van der Waals surface area contributed by atoms with Crippen LogP contribution in [0, 0.1) is 6.92 Å². The molecule has 0 saturated carbocycles. The fourth-order valence-electron chi connectivity index (χ4n) is 2.74. The van der Waals surface area contributed by atoms with Crippen LogP contribution in [0.4, 0.5) is 0 Å². The van der Waals surface area contributed by atoms with Crippen LogP contribution in [0.25, 0.3) is 16.6 Å². The lowest BCUT2D eigenvalue weighted by Gasteiger charge is -1.98. The predicted molar refractivity (Wildman–Crippen MR) is 80.4 cm³/mol. The van der Waals surface area contributed by atoms with Crippen LogP contribution in [0.2, 0.25) is 0 Å². The van der Waals surface area contributed by atoms with E-state index >= 15 is 0 Å². The third-order valence-electron chi connectivity index (χ3n) is 3.62. The van der Waals surface area contributed by atoms with Gasteiger partial charge in [0.25, 0.3) is 0 Å². The van der Waals surface area contributed by atoms with Crippen LogP contribution in [0.1, 0.15) is 28.2 Å². The summed E-state index contributed by atoms with van der Waals surface area (Å²) < 4.78 is 2.01. The van der Waals surface area contributed by atoms with Crippen LogP contribution < -0.4 is 4.52 Å². The summed E-state index contributed by atoms with van der Waals surface area (Å²) in [5, 5.41) is 5.66. The normalized spacial score (nSPS) is 15.9. The number of nitrogens with zero attached hydrogens (tertiary/aromatic N) is 3. The number of allylic oxidation sites excluding steroid dienone is 1. The van der Waals surface area contributed by atoms with E-state index in [1.165, 1.54) is 22.4 Å². The largest absolute Gasteiger partial charge is 0.410 e. The summed E-state index contributed by atoms with van der Waals surface area (Å²) in [5.74, 6) is 0. The van der Waals surface area contributed by atoms with Gasteiger partial charge in [-0.3, -0.25) is 0 Å². The highest BCUT2D eigenvalue weighted by Crippen LogP contribution is 2.31. The molecule has 4 heteroatoms. The van der Waals surface area contributed by atoms with Crippen LogP contribution in [0.15, 0.2) is 36.5 Å². The molecule has 0 atom stereocenters. The molecule has 0 radical (unpaired) electrons. The van der Waals surface area contributed by atoms with Crippen molar-refractivity contribution in [3.8, 4) is 0 Å². The Morgan fingerprint density at radius 3 is 2.90 bits per heavy atom. The summed E-state index contributed by atoms with van der Waals surface area (Å²) in [5.41, 5.74) is 5.14. The fraction of sp³-hybridized carbons (Fsp3) is 0.188. The molecule has 0 bridgehead atoms. The maximum atomic E-state index is 4.61. The molecule has 0 unspecified atom stereocenters. The van der Waals surface area contributed by atoms with Crippen LogP contribution in [-0.4, -0.2) is 10.1 Å². The molecule has 0 amide bonds. The zero-order valence-corrected chi connectivity index (χ0v) is 12.0. The van der Waals surface area contributed by atoms with Gasteiger partial charge in [-0.1, -0.05) is 39.9 Å². The van der Waals surface area contributed by atoms with Gasteiger partial charge in [-0.15, -0.1) is 0 Å². The first-order valence-electron chi connectivity index (χ1n) is 6.74. The minimum absolute atomic E-state index is 0.974. The molecule has 1 aliphatic rings. The highest BCUT2D eigenvalue weighted by atomic mass is 32.1. The van der Waals surface area contributed by atoms with Crippen LogP contribution in [0.3, 0.4) is 0 Å². The molecule has 3 nitrogen and oxygen atoms in total. The standard InChI is InChI=1S/C16H14N3S/c1-11-18-19-15-13(9-12-5-3-2-4-6-12)7-8-14(15)10-17-16(19)20-11/h2-6,9-10H,7-8H2,1H3/q+1. The average molecular weight is 280 g/mol. The summed E-state index contributed by atoms with van der Waals surface area (Å²) in [7, 11) is 0. The summed E-state index contributed by atoms with van der Waals surface area (Å²) in [6.45, 7) is 2.03. The number of hydrogen-bond acceptors (Lipinski definition) is 3. The quantitative estimate of drug-likeness (QED) is 0.641. The van der Waals surface area contributed by atoms with E-state index in [1.807, 2.05) is 23.7 Å². The van der Waals surface area contributed by atoms with Gasteiger partial charge in [0, 0.05) is 11.1 Å². The molecular weight excluding hydrogens is 266 g/mol. The second kappa shape index (κ2) is 4.49. The van der Waals surface area contributed by atoms with Crippen LogP contribution in [-0.2, 0) is 6.42 Å². The Bertz CT molecular complexity index is 818. The maximum Gasteiger partial charge on any atom is 0.410 e. The van der Waals surface area contributed by atoms with E-state index in [-0.39, 0.29) is 0 Å². The molecule has 0 N–H and O–H groups in total. The molecule has 1 aromatic carbocycles. The Morgan fingerprint density at radius 1 is 1.20 bits per heavy atom. The Morgan fingerprint density at radius 2 is 2.05 bits per heavy atom. The molecule has 3 aromatic rings. The highest BCUT2D eigenvalue weighted by molar-refractivity contribution is 7.16. The summed E-state index contributed by atoms with van der Waals surface area (Å²) >= 11 is 1.64. The number of hydrogen-bond donors (Lipinski definition) is 0. The summed E-state index contributed by atoms with van der Waals surface area (Å²) in [6.07, 6.45) is 6.40. The minimum Gasteiger partial charge on any atom is -0.0828 e. The van der Waals surface area contributed by atoms with E-state index in [0.29, 0.717) is 0 Å². The van der Waals surface area contributed by atoms with E-state index < -0.39 is 0 Å². The number of fused-ring (bicyclic) bond motifs is 3. The van der Waals surface area contributed by atoms with E-state index in [9.17, 15) is 0 Å². The third-order valence-corrected chi connectivity index (χ3v) is 4.45. The van der Waals surface area contributed by atoms with E-state index in [1.54, 1.807) is 11.3 Å². The van der Waals surface area contributed by atoms with Crippen molar-refractivity contribution in [3.05, 3.63) is 58.4 Å². The first-order chi connectivity index (χ1) is 9.81. The first kappa shape index (κ1) is 11.7. The van der Waals surface area contributed by atoms with Crippen molar-refractivity contribution < 1.29 is 4.52 Å². The molecular formula is C16H14N3S+. The van der Waals surface area contributed by atoms with Gasteiger partial charge >= 0.3 is 4.96 Å². The van der Waals surface area contributed by atoms with Gasteiger partial charge < -0.3 is 0 Å². The SMILES string of the molecule is Cc1n[n+]2c3c(cnc2s1)CCC3=Cc1ccccc1. The van der Waals surface area contributed by atoms with Crippen molar-refractivity contribution >= 4 is 27.9 Å². The Hall–Kier alpha value is -2.07. The van der Waals surface area contributed by atoms with Crippen LogP contribution in [0.5, 0.6) is 0 Å². The maximum absolute atomic E-state index is 4.61. The smallest absolute Gasteiger partial charge is 0.0828 e. The summed E-state index contributed by atoms with van der Waals surface area (Å²) in [6, 6.07) is 10.5. The molecule has 4 rings (SSSR count).